The number of nitrogens with zero attached hydrogens (tertiary/aromatic N) is 1. The molecule has 0 saturated heterocycles. The van der Waals surface area contributed by atoms with Crippen molar-refractivity contribution in [3.05, 3.63) is 101 Å². The number of ether oxygens (including phenoxy) is 1. The minimum Gasteiger partial charge on any atom is -0.454 e. The number of carbonyl (C=O) groups is 4. The second kappa shape index (κ2) is 9.67. The van der Waals surface area contributed by atoms with Gasteiger partial charge >= 0.3 is 5.97 Å². The topological polar surface area (TPSA) is 92.8 Å². The van der Waals surface area contributed by atoms with Crippen LogP contribution in [0.4, 0.5) is 5.69 Å². The van der Waals surface area contributed by atoms with E-state index in [-0.39, 0.29) is 17.5 Å². The van der Waals surface area contributed by atoms with Gasteiger partial charge in [0.2, 0.25) is 0 Å². The summed E-state index contributed by atoms with van der Waals surface area (Å²) in [6, 6.07) is 20.6. The molecule has 33 heavy (non-hydrogen) atoms. The van der Waals surface area contributed by atoms with Crippen molar-refractivity contribution in [1.82, 2.24) is 4.90 Å². The standard InChI is InChI=1S/C25H19ClN2O5/c26-17-10-12-18(13-11-17)27-22(29)15-33-25(32)21(14-16-6-2-1-3-7-16)28-23(30)19-8-4-5-9-20(19)24(28)31/h1-13,21H,14-15H2,(H,27,29)/t21-/m0/s1. The predicted octanol–water partition coefficient (Wildman–Crippen LogP) is 3.73. The smallest absolute Gasteiger partial charge is 0.330 e. The highest BCUT2D eigenvalue weighted by Gasteiger charge is 2.43. The highest BCUT2D eigenvalue weighted by Crippen LogP contribution is 2.26. The van der Waals surface area contributed by atoms with Gasteiger partial charge in [0.1, 0.15) is 6.04 Å². The first-order chi connectivity index (χ1) is 15.9. The van der Waals surface area contributed by atoms with Gasteiger partial charge in [-0.15, -0.1) is 0 Å². The number of carbonyl (C=O) groups excluding carboxylic acids is 4. The average molecular weight is 463 g/mol. The molecule has 8 heteroatoms. The summed E-state index contributed by atoms with van der Waals surface area (Å²) in [5, 5.41) is 3.11. The molecule has 0 radical (unpaired) electrons. The fourth-order valence-electron chi connectivity index (χ4n) is 3.57. The molecule has 0 bridgehead atoms. The molecule has 1 atom stereocenters. The number of amides is 3. The monoisotopic (exact) mass is 462 g/mol. The number of nitrogens with one attached hydrogen (secondary N) is 1. The van der Waals surface area contributed by atoms with E-state index >= 15 is 0 Å². The van der Waals surface area contributed by atoms with Gasteiger partial charge in [0.25, 0.3) is 17.7 Å². The van der Waals surface area contributed by atoms with E-state index in [9.17, 15) is 19.2 Å². The lowest BCUT2D eigenvalue weighted by molar-refractivity contribution is -0.151. The molecule has 3 aromatic carbocycles. The average Bonchev–Trinajstić information content (AvgIpc) is 3.08. The van der Waals surface area contributed by atoms with E-state index in [0.29, 0.717) is 10.7 Å². The number of halogens is 1. The maximum atomic E-state index is 13.0. The molecule has 3 amide bonds. The molecule has 166 valence electrons. The largest absolute Gasteiger partial charge is 0.454 e. The van der Waals surface area contributed by atoms with Crippen LogP contribution in [-0.4, -0.2) is 41.2 Å². The van der Waals surface area contributed by atoms with Crippen LogP contribution in [0.25, 0.3) is 0 Å². The minimum atomic E-state index is -1.22. The molecule has 0 spiro atoms. The molecule has 0 aliphatic carbocycles. The van der Waals surface area contributed by atoms with Crippen molar-refractivity contribution >= 4 is 41.0 Å². The molecule has 0 unspecified atom stereocenters. The SMILES string of the molecule is O=C(COC(=O)[C@H](Cc1ccccc1)N1C(=O)c2ccccc2C1=O)Nc1ccc(Cl)cc1. The van der Waals surface area contributed by atoms with E-state index in [1.165, 1.54) is 0 Å². The summed E-state index contributed by atoms with van der Waals surface area (Å²) >= 11 is 5.83. The molecule has 0 fully saturated rings. The molecule has 0 aromatic heterocycles. The van der Waals surface area contributed by atoms with Gasteiger partial charge in [-0.25, -0.2) is 4.79 Å². The fourth-order valence-corrected chi connectivity index (χ4v) is 3.70. The van der Waals surface area contributed by atoms with Crippen molar-refractivity contribution in [2.45, 2.75) is 12.5 Å². The van der Waals surface area contributed by atoms with Crippen LogP contribution in [0.3, 0.4) is 0 Å². The van der Waals surface area contributed by atoms with Crippen LogP contribution < -0.4 is 5.32 Å². The van der Waals surface area contributed by atoms with Crippen LogP contribution in [0.1, 0.15) is 26.3 Å². The third-order valence-corrected chi connectivity index (χ3v) is 5.41. The molecule has 1 heterocycles. The van der Waals surface area contributed by atoms with E-state index in [1.807, 2.05) is 6.07 Å². The molecule has 7 nitrogen and oxygen atoms in total. The van der Waals surface area contributed by atoms with Crippen molar-refractivity contribution in [1.29, 1.82) is 0 Å². The Hall–Kier alpha value is -3.97. The Balaban J connectivity index is 1.50. The lowest BCUT2D eigenvalue weighted by Gasteiger charge is -2.24. The highest BCUT2D eigenvalue weighted by atomic mass is 35.5. The van der Waals surface area contributed by atoms with Crippen molar-refractivity contribution in [2.75, 3.05) is 11.9 Å². The van der Waals surface area contributed by atoms with E-state index in [2.05, 4.69) is 5.32 Å². The summed E-state index contributed by atoms with van der Waals surface area (Å²) in [7, 11) is 0. The van der Waals surface area contributed by atoms with Crippen LogP contribution in [0.15, 0.2) is 78.9 Å². The number of imide groups is 1. The maximum Gasteiger partial charge on any atom is 0.330 e. The molecule has 0 saturated carbocycles. The Morgan fingerprint density at radius 3 is 2.03 bits per heavy atom. The summed E-state index contributed by atoms with van der Waals surface area (Å²) in [4.78, 5) is 52.1. The molecule has 3 aromatic rings. The second-order valence-electron chi connectivity index (χ2n) is 7.39. The summed E-state index contributed by atoms with van der Waals surface area (Å²) < 4.78 is 5.22. The van der Waals surface area contributed by atoms with Gasteiger partial charge in [0.05, 0.1) is 11.1 Å². The number of hydrogen-bond donors (Lipinski definition) is 1. The van der Waals surface area contributed by atoms with E-state index in [4.69, 9.17) is 16.3 Å². The molecule has 4 rings (SSSR count). The Bertz CT molecular complexity index is 1180. The predicted molar refractivity (Wildman–Crippen MR) is 122 cm³/mol. The minimum absolute atomic E-state index is 0.0595. The number of esters is 1. The van der Waals surface area contributed by atoms with Crippen molar-refractivity contribution < 1.29 is 23.9 Å². The highest BCUT2D eigenvalue weighted by molar-refractivity contribution is 6.30. The molecular formula is C25H19ClN2O5. The number of fused-ring (bicyclic) bond motifs is 1. The Morgan fingerprint density at radius 1 is 0.848 bits per heavy atom. The lowest BCUT2D eigenvalue weighted by Crippen LogP contribution is -2.47. The van der Waals surface area contributed by atoms with Gasteiger partial charge < -0.3 is 10.1 Å². The summed E-state index contributed by atoms with van der Waals surface area (Å²) in [6.07, 6.45) is 0.0595. The van der Waals surface area contributed by atoms with E-state index in [0.717, 1.165) is 10.5 Å². The maximum absolute atomic E-state index is 13.0. The Labute approximate surface area is 194 Å². The zero-order valence-electron chi connectivity index (χ0n) is 17.4. The van der Waals surface area contributed by atoms with Gasteiger partial charge in [0, 0.05) is 17.1 Å². The second-order valence-corrected chi connectivity index (χ2v) is 7.83. The van der Waals surface area contributed by atoms with Crippen molar-refractivity contribution in [2.24, 2.45) is 0 Å². The van der Waals surface area contributed by atoms with Crippen LogP contribution >= 0.6 is 11.6 Å². The number of benzene rings is 3. The van der Waals surface area contributed by atoms with Gasteiger partial charge in [-0.05, 0) is 42.0 Å². The Morgan fingerprint density at radius 2 is 1.42 bits per heavy atom. The van der Waals surface area contributed by atoms with Gasteiger partial charge in [0.15, 0.2) is 6.61 Å². The zero-order valence-corrected chi connectivity index (χ0v) is 18.1. The summed E-state index contributed by atoms with van der Waals surface area (Å²) in [5.41, 5.74) is 1.69. The zero-order chi connectivity index (χ0) is 23.4. The third kappa shape index (κ3) is 4.94. The first-order valence-corrected chi connectivity index (χ1v) is 10.5. The van der Waals surface area contributed by atoms with E-state index in [1.54, 1.807) is 72.8 Å². The summed E-state index contributed by atoms with van der Waals surface area (Å²) in [5.74, 6) is -2.55. The van der Waals surface area contributed by atoms with Gasteiger partial charge in [-0.1, -0.05) is 54.1 Å². The van der Waals surface area contributed by atoms with Gasteiger partial charge in [-0.3, -0.25) is 19.3 Å². The molecule has 1 aliphatic rings. The number of anilines is 1. The number of hydrogen-bond acceptors (Lipinski definition) is 5. The van der Waals surface area contributed by atoms with Crippen molar-refractivity contribution in [3.8, 4) is 0 Å². The van der Waals surface area contributed by atoms with Crippen LogP contribution in [0, 0.1) is 0 Å². The quantitative estimate of drug-likeness (QED) is 0.426. The van der Waals surface area contributed by atoms with Crippen molar-refractivity contribution in [3.63, 3.8) is 0 Å². The normalized spacial score (nSPS) is 13.4. The first kappa shape index (κ1) is 22.2. The molecular weight excluding hydrogens is 444 g/mol. The van der Waals surface area contributed by atoms with E-state index < -0.39 is 36.3 Å². The summed E-state index contributed by atoms with van der Waals surface area (Å²) in [6.45, 7) is -0.573. The fraction of sp³-hybridized carbons (Fsp3) is 0.120. The number of rotatable bonds is 7. The third-order valence-electron chi connectivity index (χ3n) is 5.15. The van der Waals surface area contributed by atoms with Crippen LogP contribution in [-0.2, 0) is 20.7 Å². The molecule has 1 aliphatic heterocycles. The van der Waals surface area contributed by atoms with Gasteiger partial charge in [-0.2, -0.15) is 0 Å². The lowest BCUT2D eigenvalue weighted by atomic mass is 10.0. The Kier molecular flexibility index (Phi) is 6.51. The first-order valence-electron chi connectivity index (χ1n) is 10.2. The van der Waals surface area contributed by atoms with Crippen LogP contribution in [0.5, 0.6) is 0 Å². The van der Waals surface area contributed by atoms with Crippen LogP contribution in [0.2, 0.25) is 5.02 Å². The molecule has 1 N–H and O–H groups in total.